The Labute approximate surface area is 189 Å². The number of hydrogen-bond donors (Lipinski definition) is 2. The smallest absolute Gasteiger partial charge is 0.337 e. The molecule has 0 fully saturated rings. The fraction of sp³-hybridized carbons (Fsp3) is 0.217. The van der Waals surface area contributed by atoms with Crippen molar-refractivity contribution in [2.45, 2.75) is 30.3 Å². The summed E-state index contributed by atoms with van der Waals surface area (Å²) in [7, 11) is 1.31. The number of ether oxygens (including phenoxy) is 1. The van der Waals surface area contributed by atoms with Crippen LogP contribution in [0.4, 0.5) is 11.5 Å². The molecule has 0 aliphatic heterocycles. The maximum absolute atomic E-state index is 12.7. The molecule has 0 bridgehead atoms. The summed E-state index contributed by atoms with van der Waals surface area (Å²) in [5.74, 6) is -0.422. The number of aromatic nitrogens is 2. The van der Waals surface area contributed by atoms with Gasteiger partial charge in [-0.3, -0.25) is 9.59 Å². The number of esters is 1. The molecule has 1 amide bonds. The van der Waals surface area contributed by atoms with Crippen LogP contribution >= 0.6 is 11.8 Å². The number of nitrogens with zero attached hydrogens (tertiary/aromatic N) is 2. The standard InChI is InChI=1S/C23H24N4O4S/c1-15(21(29)25-18-10-8-17(9-11-18)22(30)31-2)32-23-26-20(28)14-19(24)27(23)13-12-16-6-4-3-5-7-16/h3-11,14-15H,12-13,24H2,1-2H3,(H,25,29)/t15-/m1/s1. The van der Waals surface area contributed by atoms with Crippen molar-refractivity contribution in [2.24, 2.45) is 0 Å². The van der Waals surface area contributed by atoms with Gasteiger partial charge >= 0.3 is 5.97 Å². The minimum Gasteiger partial charge on any atom is -0.465 e. The van der Waals surface area contributed by atoms with E-state index in [0.29, 0.717) is 35.2 Å². The molecule has 3 N–H and O–H groups in total. The molecule has 166 valence electrons. The molecule has 9 heteroatoms. The summed E-state index contributed by atoms with van der Waals surface area (Å²) in [6.45, 7) is 2.24. The second-order valence-corrected chi connectivity index (χ2v) is 8.32. The predicted octanol–water partition coefficient (Wildman–Crippen LogP) is 2.97. The van der Waals surface area contributed by atoms with Gasteiger partial charge in [-0.2, -0.15) is 4.98 Å². The van der Waals surface area contributed by atoms with Crippen LogP contribution in [0.1, 0.15) is 22.8 Å². The van der Waals surface area contributed by atoms with Crippen molar-refractivity contribution in [3.05, 3.63) is 82.1 Å². The zero-order chi connectivity index (χ0) is 23.1. The lowest BCUT2D eigenvalue weighted by Gasteiger charge is -2.17. The molecule has 1 aromatic heterocycles. The second kappa shape index (κ2) is 10.6. The highest BCUT2D eigenvalue weighted by atomic mass is 32.2. The average molecular weight is 453 g/mol. The molecule has 8 nitrogen and oxygen atoms in total. The van der Waals surface area contributed by atoms with Crippen molar-refractivity contribution < 1.29 is 14.3 Å². The van der Waals surface area contributed by atoms with E-state index in [0.717, 1.165) is 17.3 Å². The van der Waals surface area contributed by atoms with Crippen LogP contribution in [0.25, 0.3) is 0 Å². The van der Waals surface area contributed by atoms with Crippen molar-refractivity contribution >= 4 is 35.1 Å². The summed E-state index contributed by atoms with van der Waals surface area (Å²) in [6, 6.07) is 17.6. The predicted molar refractivity (Wildman–Crippen MR) is 125 cm³/mol. The summed E-state index contributed by atoms with van der Waals surface area (Å²) in [5.41, 5.74) is 7.69. The van der Waals surface area contributed by atoms with E-state index in [4.69, 9.17) is 5.73 Å². The number of nitrogens with two attached hydrogens (primary N) is 1. The Hall–Kier alpha value is -3.59. The second-order valence-electron chi connectivity index (χ2n) is 7.01. The van der Waals surface area contributed by atoms with Crippen LogP contribution in [0.5, 0.6) is 0 Å². The maximum atomic E-state index is 12.7. The maximum Gasteiger partial charge on any atom is 0.337 e. The van der Waals surface area contributed by atoms with Crippen molar-refractivity contribution in [2.75, 3.05) is 18.2 Å². The van der Waals surface area contributed by atoms with E-state index < -0.39 is 16.8 Å². The van der Waals surface area contributed by atoms with Crippen LogP contribution in [-0.2, 0) is 22.5 Å². The molecule has 1 heterocycles. The van der Waals surface area contributed by atoms with Crippen molar-refractivity contribution in [3.63, 3.8) is 0 Å². The lowest BCUT2D eigenvalue weighted by Crippen LogP contribution is -2.25. The van der Waals surface area contributed by atoms with E-state index in [2.05, 4.69) is 15.0 Å². The largest absolute Gasteiger partial charge is 0.465 e. The number of methoxy groups -OCH3 is 1. The first kappa shape index (κ1) is 23.1. The molecule has 0 radical (unpaired) electrons. The molecule has 0 unspecified atom stereocenters. The first-order valence-corrected chi connectivity index (χ1v) is 10.8. The minimum absolute atomic E-state index is 0.271. The molecule has 2 aromatic carbocycles. The van der Waals surface area contributed by atoms with Crippen molar-refractivity contribution in [3.8, 4) is 0 Å². The average Bonchev–Trinajstić information content (AvgIpc) is 2.79. The fourth-order valence-corrected chi connectivity index (χ4v) is 3.91. The Balaban J connectivity index is 1.70. The number of carbonyl (C=O) groups is 2. The first-order valence-electron chi connectivity index (χ1n) is 9.94. The molecular formula is C23H24N4O4S. The number of nitrogen functional groups attached to an aromatic ring is 1. The molecule has 0 saturated carbocycles. The lowest BCUT2D eigenvalue weighted by atomic mass is 10.1. The number of aryl methyl sites for hydroxylation is 1. The van der Waals surface area contributed by atoms with Crippen molar-refractivity contribution in [1.82, 2.24) is 9.55 Å². The summed E-state index contributed by atoms with van der Waals surface area (Å²) in [6.07, 6.45) is 0.705. The normalized spacial score (nSPS) is 11.6. The highest BCUT2D eigenvalue weighted by molar-refractivity contribution is 8.00. The monoisotopic (exact) mass is 452 g/mol. The van der Waals surface area contributed by atoms with Gasteiger partial charge < -0.3 is 20.4 Å². The third-order valence-electron chi connectivity index (χ3n) is 4.71. The Kier molecular flexibility index (Phi) is 7.67. The van der Waals surface area contributed by atoms with Crippen LogP contribution in [0, 0.1) is 0 Å². The van der Waals surface area contributed by atoms with Crippen LogP contribution in [0.2, 0.25) is 0 Å². The van der Waals surface area contributed by atoms with Crippen LogP contribution in [-0.4, -0.2) is 33.8 Å². The van der Waals surface area contributed by atoms with E-state index >= 15 is 0 Å². The number of anilines is 2. The zero-order valence-electron chi connectivity index (χ0n) is 17.8. The topological polar surface area (TPSA) is 116 Å². The van der Waals surface area contributed by atoms with E-state index in [1.165, 1.54) is 13.2 Å². The van der Waals surface area contributed by atoms with Crippen molar-refractivity contribution in [1.29, 1.82) is 0 Å². The number of nitrogens with one attached hydrogen (secondary N) is 1. The number of thioether (sulfide) groups is 1. The fourth-order valence-electron chi connectivity index (χ4n) is 2.97. The summed E-state index contributed by atoms with van der Waals surface area (Å²) >= 11 is 1.16. The molecule has 0 aliphatic rings. The summed E-state index contributed by atoms with van der Waals surface area (Å²) in [4.78, 5) is 40.2. The zero-order valence-corrected chi connectivity index (χ0v) is 18.6. The highest BCUT2D eigenvalue weighted by Crippen LogP contribution is 2.24. The van der Waals surface area contributed by atoms with Crippen LogP contribution < -0.4 is 16.6 Å². The van der Waals surface area contributed by atoms with Gasteiger partial charge in [0.05, 0.1) is 17.9 Å². The summed E-state index contributed by atoms with van der Waals surface area (Å²) in [5, 5.41) is 2.63. The van der Waals surface area contributed by atoms with Gasteiger partial charge in [-0.25, -0.2) is 4.79 Å². The molecule has 0 saturated heterocycles. The first-order chi connectivity index (χ1) is 15.4. The number of carbonyl (C=O) groups excluding carboxylic acids is 2. The third-order valence-corrected chi connectivity index (χ3v) is 5.80. The quantitative estimate of drug-likeness (QED) is 0.307. The summed E-state index contributed by atoms with van der Waals surface area (Å²) < 4.78 is 6.41. The van der Waals surface area contributed by atoms with Gasteiger partial charge in [-0.1, -0.05) is 42.1 Å². The van der Waals surface area contributed by atoms with Gasteiger partial charge in [0, 0.05) is 18.3 Å². The van der Waals surface area contributed by atoms with Crippen LogP contribution in [0.15, 0.2) is 70.6 Å². The minimum atomic E-state index is -0.549. The van der Waals surface area contributed by atoms with Gasteiger partial charge in [0.2, 0.25) is 5.91 Å². The third kappa shape index (κ3) is 5.98. The molecule has 0 spiro atoms. The van der Waals surface area contributed by atoms with Gasteiger partial charge in [0.25, 0.3) is 5.56 Å². The molecular weight excluding hydrogens is 428 g/mol. The molecule has 3 rings (SSSR count). The Morgan fingerprint density at radius 2 is 1.84 bits per heavy atom. The van der Waals surface area contributed by atoms with E-state index in [1.54, 1.807) is 35.8 Å². The highest BCUT2D eigenvalue weighted by Gasteiger charge is 2.19. The number of amides is 1. The Morgan fingerprint density at radius 1 is 1.16 bits per heavy atom. The van der Waals surface area contributed by atoms with Gasteiger partial charge in [0.15, 0.2) is 5.16 Å². The number of rotatable bonds is 8. The molecule has 1 atom stereocenters. The number of benzene rings is 2. The van der Waals surface area contributed by atoms with E-state index in [-0.39, 0.29) is 5.91 Å². The number of hydrogen-bond acceptors (Lipinski definition) is 7. The Morgan fingerprint density at radius 3 is 2.50 bits per heavy atom. The van der Waals surface area contributed by atoms with E-state index in [1.807, 2.05) is 30.3 Å². The molecule has 3 aromatic rings. The Bertz CT molecular complexity index is 1150. The van der Waals surface area contributed by atoms with Crippen LogP contribution in [0.3, 0.4) is 0 Å². The van der Waals surface area contributed by atoms with E-state index in [9.17, 15) is 14.4 Å². The van der Waals surface area contributed by atoms with Gasteiger partial charge in [-0.05, 0) is 43.2 Å². The lowest BCUT2D eigenvalue weighted by molar-refractivity contribution is -0.115. The molecule has 0 aliphatic carbocycles. The molecule has 32 heavy (non-hydrogen) atoms. The van der Waals surface area contributed by atoms with Gasteiger partial charge in [-0.15, -0.1) is 0 Å². The SMILES string of the molecule is COC(=O)c1ccc(NC(=O)[C@@H](C)Sc2nc(=O)cc(N)n2CCc2ccccc2)cc1. The van der Waals surface area contributed by atoms with Gasteiger partial charge in [0.1, 0.15) is 5.82 Å².